The molecule has 0 radical (unpaired) electrons. The number of fused-ring (bicyclic) bond motifs is 1. The molecule has 3 aromatic rings. The van der Waals surface area contributed by atoms with Crippen molar-refractivity contribution in [1.29, 1.82) is 0 Å². The minimum absolute atomic E-state index is 0.0387. The van der Waals surface area contributed by atoms with E-state index in [0.29, 0.717) is 13.2 Å². The number of para-hydroxylation sites is 1. The normalized spacial score (nSPS) is 17.5. The van der Waals surface area contributed by atoms with E-state index in [-0.39, 0.29) is 17.5 Å². The van der Waals surface area contributed by atoms with Gasteiger partial charge in [-0.3, -0.25) is 24.5 Å². The maximum atomic E-state index is 12.6. The van der Waals surface area contributed by atoms with Crippen LogP contribution in [0.25, 0.3) is 10.9 Å². The SMILES string of the molecule is O=C(Nc1ccccc1)C1CCCN(Cn2ncc3cc([N+](=O)[O-])ccc32)C1. The predicted octanol–water partition coefficient (Wildman–Crippen LogP) is 3.25. The zero-order valence-corrected chi connectivity index (χ0v) is 15.3. The maximum Gasteiger partial charge on any atom is 0.270 e. The minimum Gasteiger partial charge on any atom is -0.326 e. The highest BCUT2D eigenvalue weighted by molar-refractivity contribution is 5.92. The largest absolute Gasteiger partial charge is 0.326 e. The topological polar surface area (TPSA) is 93.3 Å². The van der Waals surface area contributed by atoms with Crippen molar-refractivity contribution in [2.24, 2.45) is 5.92 Å². The van der Waals surface area contributed by atoms with E-state index in [0.717, 1.165) is 36.0 Å². The molecule has 1 fully saturated rings. The van der Waals surface area contributed by atoms with Gasteiger partial charge in [0, 0.05) is 29.8 Å². The molecule has 0 aliphatic carbocycles. The number of nitro groups is 1. The Morgan fingerprint density at radius 3 is 2.86 bits per heavy atom. The summed E-state index contributed by atoms with van der Waals surface area (Å²) in [5, 5.41) is 19.0. The van der Waals surface area contributed by atoms with Crippen molar-refractivity contribution in [1.82, 2.24) is 14.7 Å². The number of anilines is 1. The zero-order chi connectivity index (χ0) is 19.5. The van der Waals surface area contributed by atoms with Gasteiger partial charge in [0.05, 0.1) is 29.2 Å². The molecule has 2 aromatic carbocycles. The van der Waals surface area contributed by atoms with Gasteiger partial charge in [0.25, 0.3) is 5.69 Å². The van der Waals surface area contributed by atoms with Crippen LogP contribution in [-0.2, 0) is 11.5 Å². The van der Waals surface area contributed by atoms with Crippen LogP contribution in [0.2, 0.25) is 0 Å². The molecule has 28 heavy (non-hydrogen) atoms. The number of benzene rings is 2. The Kier molecular flexibility index (Phi) is 5.03. The summed E-state index contributed by atoms with van der Waals surface area (Å²) in [4.78, 5) is 25.3. The Bertz CT molecular complexity index is 1000. The first kappa shape index (κ1) is 18.1. The Labute approximate surface area is 161 Å². The van der Waals surface area contributed by atoms with E-state index in [1.54, 1.807) is 12.3 Å². The lowest BCUT2D eigenvalue weighted by Crippen LogP contribution is -2.41. The lowest BCUT2D eigenvalue weighted by Gasteiger charge is -2.31. The van der Waals surface area contributed by atoms with Crippen molar-refractivity contribution in [2.75, 3.05) is 18.4 Å². The van der Waals surface area contributed by atoms with Crippen LogP contribution in [-0.4, -0.2) is 38.6 Å². The van der Waals surface area contributed by atoms with Crippen LogP contribution < -0.4 is 5.32 Å². The molecule has 1 unspecified atom stereocenters. The third kappa shape index (κ3) is 3.86. The fraction of sp³-hybridized carbons (Fsp3) is 0.300. The van der Waals surface area contributed by atoms with E-state index < -0.39 is 4.92 Å². The molecule has 0 saturated carbocycles. The number of non-ortho nitro benzene ring substituents is 1. The molecular weight excluding hydrogens is 358 g/mol. The van der Waals surface area contributed by atoms with Gasteiger partial charge in [0.15, 0.2) is 0 Å². The average molecular weight is 379 g/mol. The number of carbonyl (C=O) groups excluding carboxylic acids is 1. The first-order valence-corrected chi connectivity index (χ1v) is 9.28. The Hall–Kier alpha value is -3.26. The quantitative estimate of drug-likeness (QED) is 0.542. The molecule has 1 atom stereocenters. The fourth-order valence-corrected chi connectivity index (χ4v) is 3.65. The molecular formula is C20H21N5O3. The summed E-state index contributed by atoms with van der Waals surface area (Å²) in [5.74, 6) is -0.0336. The van der Waals surface area contributed by atoms with E-state index in [1.807, 2.05) is 35.0 Å². The first-order chi connectivity index (χ1) is 13.6. The van der Waals surface area contributed by atoms with Crippen LogP contribution in [0.1, 0.15) is 12.8 Å². The first-order valence-electron chi connectivity index (χ1n) is 9.28. The van der Waals surface area contributed by atoms with Gasteiger partial charge in [-0.1, -0.05) is 18.2 Å². The van der Waals surface area contributed by atoms with E-state index in [1.165, 1.54) is 12.1 Å². The number of nitro benzene ring substituents is 1. The molecule has 1 amide bonds. The fourth-order valence-electron chi connectivity index (χ4n) is 3.65. The average Bonchev–Trinajstić information content (AvgIpc) is 3.11. The number of piperidine rings is 1. The van der Waals surface area contributed by atoms with E-state index in [4.69, 9.17) is 0 Å². The molecule has 1 aliphatic rings. The molecule has 0 spiro atoms. The Morgan fingerprint density at radius 1 is 1.25 bits per heavy atom. The summed E-state index contributed by atoms with van der Waals surface area (Å²) in [5.41, 5.74) is 1.72. The molecule has 8 heteroatoms. The molecule has 8 nitrogen and oxygen atoms in total. The van der Waals surface area contributed by atoms with Crippen molar-refractivity contribution < 1.29 is 9.72 Å². The van der Waals surface area contributed by atoms with Crippen LogP contribution in [0, 0.1) is 16.0 Å². The van der Waals surface area contributed by atoms with Gasteiger partial charge in [-0.05, 0) is 37.6 Å². The summed E-state index contributed by atoms with van der Waals surface area (Å²) in [6.45, 7) is 2.10. The van der Waals surface area contributed by atoms with Crippen molar-refractivity contribution in [3.63, 3.8) is 0 Å². The van der Waals surface area contributed by atoms with Gasteiger partial charge in [0.2, 0.25) is 5.91 Å². The highest BCUT2D eigenvalue weighted by Gasteiger charge is 2.26. The number of carbonyl (C=O) groups is 1. The van der Waals surface area contributed by atoms with Gasteiger partial charge in [0.1, 0.15) is 0 Å². The number of amides is 1. The summed E-state index contributed by atoms with van der Waals surface area (Å²) >= 11 is 0. The summed E-state index contributed by atoms with van der Waals surface area (Å²) in [7, 11) is 0. The molecule has 1 aliphatic heterocycles. The summed E-state index contributed by atoms with van der Waals surface area (Å²) in [6, 6.07) is 14.2. The zero-order valence-electron chi connectivity index (χ0n) is 15.3. The second-order valence-corrected chi connectivity index (χ2v) is 7.06. The maximum absolute atomic E-state index is 12.6. The monoisotopic (exact) mass is 379 g/mol. The lowest BCUT2D eigenvalue weighted by molar-refractivity contribution is -0.384. The van der Waals surface area contributed by atoms with Crippen molar-refractivity contribution in [3.05, 3.63) is 64.8 Å². The van der Waals surface area contributed by atoms with Crippen molar-refractivity contribution in [2.45, 2.75) is 19.5 Å². The highest BCUT2D eigenvalue weighted by atomic mass is 16.6. The van der Waals surface area contributed by atoms with E-state index in [2.05, 4.69) is 15.3 Å². The van der Waals surface area contributed by atoms with Crippen LogP contribution in [0.15, 0.2) is 54.7 Å². The number of nitrogens with one attached hydrogen (secondary N) is 1. The molecule has 144 valence electrons. The molecule has 4 rings (SSSR count). The number of aromatic nitrogens is 2. The number of nitrogens with zero attached hydrogens (tertiary/aromatic N) is 4. The van der Waals surface area contributed by atoms with Crippen LogP contribution in [0.5, 0.6) is 0 Å². The second-order valence-electron chi connectivity index (χ2n) is 7.06. The number of likely N-dealkylation sites (tertiary alicyclic amines) is 1. The van der Waals surface area contributed by atoms with Gasteiger partial charge < -0.3 is 5.32 Å². The number of hydrogen-bond acceptors (Lipinski definition) is 5. The third-order valence-electron chi connectivity index (χ3n) is 5.09. The van der Waals surface area contributed by atoms with Crippen LogP contribution >= 0.6 is 0 Å². The molecule has 1 aromatic heterocycles. The van der Waals surface area contributed by atoms with E-state index >= 15 is 0 Å². The summed E-state index contributed by atoms with van der Waals surface area (Å²) < 4.78 is 1.83. The van der Waals surface area contributed by atoms with Gasteiger partial charge in [-0.15, -0.1) is 0 Å². The lowest BCUT2D eigenvalue weighted by atomic mass is 9.97. The summed E-state index contributed by atoms with van der Waals surface area (Å²) in [6.07, 6.45) is 3.45. The van der Waals surface area contributed by atoms with Gasteiger partial charge >= 0.3 is 0 Å². The highest BCUT2D eigenvalue weighted by Crippen LogP contribution is 2.23. The third-order valence-corrected chi connectivity index (χ3v) is 5.09. The molecule has 0 bridgehead atoms. The standard InChI is InChI=1S/C20H21N5O3/c26-20(22-17-6-2-1-3-7-17)15-5-4-10-23(13-15)14-24-19-9-8-18(25(27)28)11-16(19)12-21-24/h1-3,6-9,11-12,15H,4-5,10,13-14H2,(H,22,26). The van der Waals surface area contributed by atoms with Gasteiger partial charge in [-0.2, -0.15) is 5.10 Å². The van der Waals surface area contributed by atoms with Crippen LogP contribution in [0.4, 0.5) is 11.4 Å². The van der Waals surface area contributed by atoms with Crippen molar-refractivity contribution in [3.8, 4) is 0 Å². The smallest absolute Gasteiger partial charge is 0.270 e. The van der Waals surface area contributed by atoms with Crippen LogP contribution in [0.3, 0.4) is 0 Å². The van der Waals surface area contributed by atoms with E-state index in [9.17, 15) is 14.9 Å². The van der Waals surface area contributed by atoms with Gasteiger partial charge in [-0.25, -0.2) is 0 Å². The molecule has 1 N–H and O–H groups in total. The number of rotatable bonds is 5. The minimum atomic E-state index is -0.405. The van der Waals surface area contributed by atoms with Crippen molar-refractivity contribution >= 4 is 28.2 Å². The Morgan fingerprint density at radius 2 is 2.07 bits per heavy atom. The molecule has 2 heterocycles. The molecule has 1 saturated heterocycles. The Balaban J connectivity index is 1.43. The number of hydrogen-bond donors (Lipinski definition) is 1. The second kappa shape index (κ2) is 7.77. The predicted molar refractivity (Wildman–Crippen MR) is 106 cm³/mol.